The Bertz CT molecular complexity index is 459. The molecule has 0 aliphatic rings. The maximum Gasteiger partial charge on any atom is 0.242 e. The first-order valence-electron chi connectivity index (χ1n) is 6.91. The molecule has 0 aromatic heterocycles. The van der Waals surface area contributed by atoms with Crippen LogP contribution < -0.4 is 16.4 Å². The van der Waals surface area contributed by atoms with Crippen molar-refractivity contribution in [2.24, 2.45) is 5.73 Å². The van der Waals surface area contributed by atoms with Crippen molar-refractivity contribution in [2.45, 2.75) is 32.0 Å². The molecule has 22 heavy (non-hydrogen) atoms. The minimum Gasteiger partial charge on any atom is -0.350 e. The maximum absolute atomic E-state index is 11.9. The Balaban J connectivity index is 0.00000441. The lowest BCUT2D eigenvalue weighted by molar-refractivity contribution is -0.129. The Hall–Kier alpha value is -1.24. The fraction of sp³-hybridized carbons (Fsp3) is 0.467. The average molecular weight is 346 g/mol. The highest BCUT2D eigenvalue weighted by molar-refractivity contribution is 7.98. The molecule has 0 saturated heterocycles. The summed E-state index contributed by atoms with van der Waals surface area (Å²) in [4.78, 5) is 23.7. The molecule has 0 fully saturated rings. The molecule has 0 saturated carbocycles. The second kappa shape index (κ2) is 11.3. The quantitative estimate of drug-likeness (QED) is 0.663. The molecule has 4 N–H and O–H groups in total. The van der Waals surface area contributed by atoms with Crippen LogP contribution in [0.3, 0.4) is 0 Å². The van der Waals surface area contributed by atoms with Gasteiger partial charge in [-0.1, -0.05) is 30.3 Å². The van der Waals surface area contributed by atoms with E-state index >= 15 is 0 Å². The van der Waals surface area contributed by atoms with Crippen LogP contribution >= 0.6 is 24.2 Å². The predicted molar refractivity (Wildman–Crippen MR) is 94.1 cm³/mol. The molecule has 0 radical (unpaired) electrons. The molecule has 0 heterocycles. The summed E-state index contributed by atoms with van der Waals surface area (Å²) in [6.07, 6.45) is 2.57. The Kier molecular flexibility index (Phi) is 10.7. The van der Waals surface area contributed by atoms with E-state index in [4.69, 9.17) is 5.73 Å². The van der Waals surface area contributed by atoms with Gasteiger partial charge in [0.1, 0.15) is 6.04 Å². The summed E-state index contributed by atoms with van der Waals surface area (Å²) in [6, 6.07) is 8.45. The Morgan fingerprint density at radius 1 is 1.23 bits per heavy atom. The highest BCUT2D eigenvalue weighted by Gasteiger charge is 2.19. The molecule has 1 aromatic carbocycles. The van der Waals surface area contributed by atoms with Crippen LogP contribution in [0.4, 0.5) is 0 Å². The van der Waals surface area contributed by atoms with Gasteiger partial charge in [0.25, 0.3) is 0 Å². The molecule has 0 aliphatic heterocycles. The molecular formula is C15H24ClN3O2S. The number of thioether (sulfide) groups is 1. The highest BCUT2D eigenvalue weighted by atomic mass is 35.5. The fourth-order valence-electron chi connectivity index (χ4n) is 1.70. The van der Waals surface area contributed by atoms with Crippen molar-refractivity contribution in [2.75, 3.05) is 12.0 Å². The van der Waals surface area contributed by atoms with Crippen molar-refractivity contribution < 1.29 is 9.59 Å². The average Bonchev–Trinajstić information content (AvgIpc) is 2.50. The van der Waals surface area contributed by atoms with Crippen LogP contribution in [0.1, 0.15) is 18.9 Å². The standard InChI is InChI=1S/C15H23N3O2S.ClH/c1-11(18-15(20)13(16)8-9-21-2)14(19)17-10-12-6-4-3-5-7-12;/h3-7,11,13H,8-10,16H2,1-2H3,(H,17,19)(H,18,20);1H/t11?,13-;/m0./s1. The number of halogens is 1. The number of benzene rings is 1. The van der Waals surface area contributed by atoms with Crippen molar-refractivity contribution >= 4 is 36.0 Å². The monoisotopic (exact) mass is 345 g/mol. The summed E-state index contributed by atoms with van der Waals surface area (Å²) < 4.78 is 0. The molecule has 0 bridgehead atoms. The third-order valence-electron chi connectivity index (χ3n) is 3.03. The third-order valence-corrected chi connectivity index (χ3v) is 3.68. The van der Waals surface area contributed by atoms with Gasteiger partial charge in [-0.3, -0.25) is 9.59 Å². The number of carbonyl (C=O) groups excluding carboxylic acids is 2. The minimum atomic E-state index is -0.596. The Labute approximate surface area is 142 Å². The van der Waals surface area contributed by atoms with E-state index in [1.54, 1.807) is 18.7 Å². The van der Waals surface area contributed by atoms with Gasteiger partial charge < -0.3 is 16.4 Å². The molecule has 124 valence electrons. The van der Waals surface area contributed by atoms with Crippen LogP contribution in [-0.2, 0) is 16.1 Å². The van der Waals surface area contributed by atoms with Crippen LogP contribution in [-0.4, -0.2) is 35.9 Å². The van der Waals surface area contributed by atoms with Gasteiger partial charge in [-0.25, -0.2) is 0 Å². The highest BCUT2D eigenvalue weighted by Crippen LogP contribution is 2.00. The van der Waals surface area contributed by atoms with Crippen LogP contribution in [0.5, 0.6) is 0 Å². The van der Waals surface area contributed by atoms with Crippen LogP contribution in [0.15, 0.2) is 30.3 Å². The summed E-state index contributed by atoms with van der Waals surface area (Å²) in [5, 5.41) is 5.43. The summed E-state index contributed by atoms with van der Waals surface area (Å²) in [7, 11) is 0. The zero-order chi connectivity index (χ0) is 15.7. The smallest absolute Gasteiger partial charge is 0.242 e. The Morgan fingerprint density at radius 3 is 2.45 bits per heavy atom. The van der Waals surface area contributed by atoms with E-state index in [9.17, 15) is 9.59 Å². The number of carbonyl (C=O) groups is 2. The van der Waals surface area contributed by atoms with E-state index < -0.39 is 12.1 Å². The zero-order valence-corrected chi connectivity index (χ0v) is 14.5. The Morgan fingerprint density at radius 2 is 1.86 bits per heavy atom. The van der Waals surface area contributed by atoms with Gasteiger partial charge in [0.2, 0.25) is 11.8 Å². The molecule has 7 heteroatoms. The second-order valence-electron chi connectivity index (χ2n) is 4.82. The number of nitrogens with one attached hydrogen (secondary N) is 2. The van der Waals surface area contributed by atoms with Crippen molar-refractivity contribution in [3.63, 3.8) is 0 Å². The van der Waals surface area contributed by atoms with E-state index in [1.807, 2.05) is 36.6 Å². The van der Waals surface area contributed by atoms with Gasteiger partial charge in [-0.15, -0.1) is 12.4 Å². The molecule has 2 atom stereocenters. The van der Waals surface area contributed by atoms with E-state index in [1.165, 1.54) is 0 Å². The van der Waals surface area contributed by atoms with Crippen molar-refractivity contribution in [1.29, 1.82) is 0 Å². The maximum atomic E-state index is 11.9. The van der Waals surface area contributed by atoms with Crippen molar-refractivity contribution in [3.05, 3.63) is 35.9 Å². The zero-order valence-electron chi connectivity index (χ0n) is 12.9. The van der Waals surface area contributed by atoms with Gasteiger partial charge in [0.15, 0.2) is 0 Å². The molecule has 1 rings (SSSR count). The lowest BCUT2D eigenvalue weighted by atomic mass is 10.2. The van der Waals surface area contributed by atoms with E-state index in [0.717, 1.165) is 11.3 Å². The van der Waals surface area contributed by atoms with Crippen LogP contribution in [0, 0.1) is 0 Å². The van der Waals surface area contributed by atoms with Gasteiger partial charge in [-0.05, 0) is 30.9 Å². The first-order chi connectivity index (χ1) is 10.0. The van der Waals surface area contributed by atoms with Gasteiger partial charge in [0.05, 0.1) is 6.04 Å². The molecule has 1 aromatic rings. The van der Waals surface area contributed by atoms with Crippen molar-refractivity contribution in [1.82, 2.24) is 10.6 Å². The first kappa shape index (κ1) is 20.8. The number of rotatable bonds is 8. The summed E-state index contributed by atoms with van der Waals surface area (Å²) in [5.41, 5.74) is 6.77. The van der Waals surface area contributed by atoms with E-state index in [0.29, 0.717) is 13.0 Å². The minimum absolute atomic E-state index is 0. The van der Waals surface area contributed by atoms with Gasteiger partial charge in [0, 0.05) is 6.54 Å². The van der Waals surface area contributed by atoms with Gasteiger partial charge >= 0.3 is 0 Å². The molecule has 5 nitrogen and oxygen atoms in total. The normalized spacial score (nSPS) is 12.7. The fourth-order valence-corrected chi connectivity index (χ4v) is 2.19. The third kappa shape index (κ3) is 7.68. The molecule has 2 amide bonds. The largest absolute Gasteiger partial charge is 0.350 e. The number of hydrogen-bond acceptors (Lipinski definition) is 4. The topological polar surface area (TPSA) is 84.2 Å². The van der Waals surface area contributed by atoms with E-state index in [2.05, 4.69) is 10.6 Å². The second-order valence-corrected chi connectivity index (χ2v) is 5.81. The lowest BCUT2D eigenvalue weighted by Gasteiger charge is -2.17. The molecular weight excluding hydrogens is 322 g/mol. The number of nitrogens with two attached hydrogens (primary N) is 1. The summed E-state index contributed by atoms with van der Waals surface area (Å²) >= 11 is 1.64. The molecule has 1 unspecified atom stereocenters. The van der Waals surface area contributed by atoms with Crippen LogP contribution in [0.2, 0.25) is 0 Å². The van der Waals surface area contributed by atoms with Gasteiger partial charge in [-0.2, -0.15) is 11.8 Å². The van der Waals surface area contributed by atoms with E-state index in [-0.39, 0.29) is 24.2 Å². The summed E-state index contributed by atoms with van der Waals surface area (Å²) in [6.45, 7) is 2.10. The predicted octanol–water partition coefficient (Wildman–Crippen LogP) is 1.31. The lowest BCUT2D eigenvalue weighted by Crippen LogP contribution is -2.50. The molecule has 0 spiro atoms. The van der Waals surface area contributed by atoms with Crippen molar-refractivity contribution in [3.8, 4) is 0 Å². The summed E-state index contributed by atoms with van der Waals surface area (Å²) in [5.74, 6) is 0.319. The molecule has 0 aliphatic carbocycles. The number of amides is 2. The first-order valence-corrected chi connectivity index (χ1v) is 8.30. The SMILES string of the molecule is CSCC[C@H](N)C(=O)NC(C)C(=O)NCc1ccccc1.Cl. The van der Waals surface area contributed by atoms with Crippen LogP contribution in [0.25, 0.3) is 0 Å². The number of hydrogen-bond donors (Lipinski definition) is 3.